The zero-order valence-electron chi connectivity index (χ0n) is 26.2. The maximum absolute atomic E-state index is 11.5. The summed E-state index contributed by atoms with van der Waals surface area (Å²) in [6, 6.07) is 19.2. The lowest BCUT2D eigenvalue weighted by Crippen LogP contribution is -2.21. The first-order valence-electron chi connectivity index (χ1n) is 15.8. The van der Waals surface area contributed by atoms with E-state index >= 15 is 0 Å². The Kier molecular flexibility index (Phi) is 7.37. The van der Waals surface area contributed by atoms with Crippen molar-refractivity contribution in [1.82, 2.24) is 15.0 Å². The third-order valence-corrected chi connectivity index (χ3v) is 10.4. The van der Waals surface area contributed by atoms with Crippen molar-refractivity contribution >= 4 is 74.7 Å². The number of aliphatic imine (C=N–C) groups is 3. The Morgan fingerprint density at radius 2 is 1.12 bits per heavy atom. The Balaban J connectivity index is 1.38. The third kappa shape index (κ3) is 5.18. The molecular formula is C40H24N6O2S2. The molecule has 9 rings (SSSR count). The minimum Gasteiger partial charge on any atom is -0.354 e. The molecule has 4 aliphatic heterocycles. The van der Waals surface area contributed by atoms with Gasteiger partial charge >= 0.3 is 0 Å². The Bertz CT molecular complexity index is 2610. The van der Waals surface area contributed by atoms with E-state index in [9.17, 15) is 9.59 Å². The second kappa shape index (κ2) is 12.3. The zero-order chi connectivity index (χ0) is 33.6. The summed E-state index contributed by atoms with van der Waals surface area (Å²) in [6.45, 7) is 0. The molecule has 0 atom stereocenters. The molecule has 2 aromatic carbocycles. The largest absolute Gasteiger partial charge is 0.354 e. The summed E-state index contributed by atoms with van der Waals surface area (Å²) in [6.07, 6.45) is 16.1. The van der Waals surface area contributed by atoms with Crippen LogP contribution in [-0.4, -0.2) is 44.7 Å². The van der Waals surface area contributed by atoms with E-state index in [-0.39, 0.29) is 0 Å². The van der Waals surface area contributed by atoms with Gasteiger partial charge in [-0.25, -0.2) is 20.0 Å². The lowest BCUT2D eigenvalue weighted by Gasteiger charge is -2.11. The first kappa shape index (κ1) is 29.9. The van der Waals surface area contributed by atoms with Gasteiger partial charge in [0.15, 0.2) is 0 Å². The molecule has 238 valence electrons. The molecule has 0 saturated heterocycles. The van der Waals surface area contributed by atoms with Gasteiger partial charge in [0.25, 0.3) is 0 Å². The smallest absolute Gasteiger partial charge is 0.150 e. The van der Waals surface area contributed by atoms with Crippen LogP contribution >= 0.6 is 22.7 Å². The molecule has 50 heavy (non-hydrogen) atoms. The number of H-pyrrole nitrogens is 1. The van der Waals surface area contributed by atoms with E-state index in [2.05, 4.69) is 17.1 Å². The molecule has 0 saturated carbocycles. The van der Waals surface area contributed by atoms with Crippen molar-refractivity contribution in [3.05, 3.63) is 174 Å². The summed E-state index contributed by atoms with van der Waals surface area (Å²) in [5.41, 5.74) is 11.2. The normalized spacial score (nSPS) is 21.6. The standard InChI is InChI=1S/C40H24N6O2S2/c47-21-23-1-5-25(6-2-23)35-27-9-13-31(43-27)37(39-41-17-19-49-39)33-15-11-29(45-33)36(26-7-3-24(22-48)4-8-26)30-12-16-34(46-30)38(40-42-18-20-50-40)32-14-10-28(35)44-32/h1-15,17-22,43H,16H2/b35-27-,36-29-,37-31+,38-32+. The Morgan fingerprint density at radius 3 is 1.70 bits per heavy atom. The average Bonchev–Trinajstić information content (AvgIpc) is 4.00. The maximum atomic E-state index is 11.5. The van der Waals surface area contributed by atoms with Crippen LogP contribution in [0.15, 0.2) is 146 Å². The number of allylic oxidation sites excluding steroid dienone is 7. The van der Waals surface area contributed by atoms with Gasteiger partial charge in [0.05, 0.1) is 50.7 Å². The van der Waals surface area contributed by atoms with Crippen LogP contribution in [0.4, 0.5) is 0 Å². The van der Waals surface area contributed by atoms with Crippen molar-refractivity contribution in [2.45, 2.75) is 6.42 Å². The number of aromatic amines is 1. The molecular weight excluding hydrogens is 661 g/mol. The number of nitrogens with one attached hydrogen (secondary N) is 1. The predicted octanol–water partition coefficient (Wildman–Crippen LogP) is 6.54. The average molecular weight is 685 g/mol. The van der Waals surface area contributed by atoms with Gasteiger partial charge in [-0.05, 0) is 47.6 Å². The molecule has 3 aromatic heterocycles. The molecule has 0 aliphatic carbocycles. The second-order valence-corrected chi connectivity index (χ2v) is 13.5. The van der Waals surface area contributed by atoms with Gasteiger partial charge in [-0.2, -0.15) is 0 Å². The van der Waals surface area contributed by atoms with Crippen LogP contribution in [0.3, 0.4) is 0 Å². The summed E-state index contributed by atoms with van der Waals surface area (Å²) < 4.78 is 0. The molecule has 0 unspecified atom stereocenters. The van der Waals surface area contributed by atoms with E-state index in [0.717, 1.165) is 101 Å². The molecule has 1 N–H and O–H groups in total. The van der Waals surface area contributed by atoms with Crippen LogP contribution in [0, 0.1) is 0 Å². The van der Waals surface area contributed by atoms with Gasteiger partial charge in [-0.3, -0.25) is 14.6 Å². The Morgan fingerprint density at radius 1 is 0.580 bits per heavy atom. The number of fused-ring (bicyclic) bond motifs is 5. The Labute approximate surface area is 293 Å². The highest BCUT2D eigenvalue weighted by molar-refractivity contribution is 7.11. The maximum Gasteiger partial charge on any atom is 0.150 e. The van der Waals surface area contributed by atoms with Crippen LogP contribution < -0.4 is 10.7 Å². The summed E-state index contributed by atoms with van der Waals surface area (Å²) in [5, 5.41) is 7.29. The van der Waals surface area contributed by atoms with E-state index < -0.39 is 0 Å². The van der Waals surface area contributed by atoms with Gasteiger partial charge in [0.1, 0.15) is 22.6 Å². The van der Waals surface area contributed by atoms with Crippen molar-refractivity contribution in [3.63, 3.8) is 0 Å². The van der Waals surface area contributed by atoms with Crippen molar-refractivity contribution in [1.29, 1.82) is 0 Å². The van der Waals surface area contributed by atoms with Gasteiger partial charge in [-0.1, -0.05) is 54.6 Å². The van der Waals surface area contributed by atoms with Crippen molar-refractivity contribution in [2.75, 3.05) is 0 Å². The van der Waals surface area contributed by atoms with Crippen LogP contribution in [0.2, 0.25) is 0 Å². The lowest BCUT2D eigenvalue weighted by atomic mass is 9.99. The summed E-state index contributed by atoms with van der Waals surface area (Å²) >= 11 is 3.09. The molecule has 0 amide bonds. The van der Waals surface area contributed by atoms with E-state index in [4.69, 9.17) is 24.9 Å². The fourth-order valence-electron chi connectivity index (χ4n) is 6.48. The first-order valence-corrected chi connectivity index (χ1v) is 17.6. The number of carbonyl (C=O) groups is 2. The van der Waals surface area contributed by atoms with Crippen molar-refractivity contribution < 1.29 is 9.59 Å². The molecule has 8 bridgehead atoms. The minimum absolute atomic E-state index is 0.579. The number of hydrogen-bond donors (Lipinski definition) is 1. The highest BCUT2D eigenvalue weighted by Gasteiger charge is 2.27. The van der Waals surface area contributed by atoms with Gasteiger partial charge < -0.3 is 4.98 Å². The van der Waals surface area contributed by atoms with E-state index in [1.54, 1.807) is 35.1 Å². The highest BCUT2D eigenvalue weighted by atomic mass is 32.1. The second-order valence-electron chi connectivity index (χ2n) is 11.7. The van der Waals surface area contributed by atoms with Gasteiger partial charge in [-0.15, -0.1) is 22.7 Å². The SMILES string of the molecule is O=Cc1ccc(/C2=C3\C=CC(=N3)/C(c3nccs3)=c3/cc/c([nH]3)=C(\c3ccc(C=O)cc3)C3=N/C(=C(/c4nccs4)C4=NC2=CC4)C=C3)cc1. The van der Waals surface area contributed by atoms with Crippen LogP contribution in [0.25, 0.3) is 22.3 Å². The molecule has 8 nitrogen and oxygen atoms in total. The molecule has 4 aliphatic rings. The van der Waals surface area contributed by atoms with E-state index in [0.29, 0.717) is 17.5 Å². The third-order valence-electron chi connectivity index (χ3n) is 8.78. The van der Waals surface area contributed by atoms with Crippen LogP contribution in [0.1, 0.15) is 48.3 Å². The fraction of sp³-hybridized carbons (Fsp3) is 0.0250. The van der Waals surface area contributed by atoms with Crippen molar-refractivity contribution in [3.8, 4) is 0 Å². The number of rotatable bonds is 6. The monoisotopic (exact) mass is 684 g/mol. The Hall–Kier alpha value is -6.23. The predicted molar refractivity (Wildman–Crippen MR) is 200 cm³/mol. The number of benzene rings is 2. The number of carbonyl (C=O) groups excluding carboxylic acids is 2. The summed E-state index contributed by atoms with van der Waals surface area (Å²) in [5.74, 6) is 0. The zero-order valence-corrected chi connectivity index (χ0v) is 27.8. The van der Waals surface area contributed by atoms with E-state index in [1.165, 1.54) is 0 Å². The number of aromatic nitrogens is 3. The number of hydrogen-bond acceptors (Lipinski definition) is 9. The lowest BCUT2D eigenvalue weighted by molar-refractivity contribution is 0.111. The quantitative estimate of drug-likeness (QED) is 0.205. The van der Waals surface area contributed by atoms with Gasteiger partial charge in [0, 0.05) is 57.2 Å². The number of nitrogens with zero attached hydrogens (tertiary/aromatic N) is 5. The van der Waals surface area contributed by atoms with Crippen molar-refractivity contribution in [2.24, 2.45) is 15.0 Å². The molecule has 0 radical (unpaired) electrons. The molecule has 5 aromatic rings. The topological polar surface area (TPSA) is 113 Å². The number of aldehydes is 2. The highest BCUT2D eigenvalue weighted by Crippen LogP contribution is 2.38. The van der Waals surface area contributed by atoms with E-state index in [1.807, 2.05) is 89.7 Å². The molecule has 0 fully saturated rings. The number of thiazole rings is 2. The summed E-state index contributed by atoms with van der Waals surface area (Å²) in [7, 11) is 0. The minimum atomic E-state index is 0.579. The summed E-state index contributed by atoms with van der Waals surface area (Å²) in [4.78, 5) is 51.9. The fourth-order valence-corrected chi connectivity index (χ4v) is 7.89. The molecule has 7 heterocycles. The van der Waals surface area contributed by atoms with Crippen LogP contribution in [-0.2, 0) is 0 Å². The van der Waals surface area contributed by atoms with Gasteiger partial charge in [0.2, 0.25) is 0 Å². The molecule has 0 spiro atoms. The first-order chi connectivity index (χ1) is 24.7. The molecule has 10 heteroatoms. The van der Waals surface area contributed by atoms with Crippen LogP contribution in [0.5, 0.6) is 0 Å².